The average Bonchev–Trinajstić information content (AvgIpc) is 2.57. The minimum Gasteiger partial charge on any atom is -0.349 e. The van der Waals surface area contributed by atoms with Gasteiger partial charge in [0.1, 0.15) is 0 Å². The summed E-state index contributed by atoms with van der Waals surface area (Å²) >= 11 is 0. The Morgan fingerprint density at radius 1 is 1.28 bits per heavy atom. The highest BCUT2D eigenvalue weighted by atomic mass is 32.2. The van der Waals surface area contributed by atoms with Crippen LogP contribution in [0.25, 0.3) is 0 Å². The molecule has 2 atom stereocenters. The van der Waals surface area contributed by atoms with E-state index in [1.807, 2.05) is 13.0 Å². The zero-order chi connectivity index (χ0) is 18.8. The fourth-order valence-corrected chi connectivity index (χ4v) is 4.24. The number of rotatable bonds is 5. The van der Waals surface area contributed by atoms with E-state index in [2.05, 4.69) is 31.3 Å². The van der Waals surface area contributed by atoms with E-state index in [4.69, 9.17) is 0 Å². The number of carbonyl (C=O) groups is 1. The largest absolute Gasteiger partial charge is 0.349 e. The van der Waals surface area contributed by atoms with Gasteiger partial charge in [-0.3, -0.25) is 4.79 Å². The van der Waals surface area contributed by atoms with Crippen molar-refractivity contribution in [2.24, 2.45) is 5.92 Å². The first kappa shape index (κ1) is 19.9. The second kappa shape index (κ2) is 7.85. The Bertz CT molecular complexity index is 731. The lowest BCUT2D eigenvalue weighted by atomic mass is 9.97. The predicted octanol–water partition coefficient (Wildman–Crippen LogP) is 2.00. The van der Waals surface area contributed by atoms with Crippen LogP contribution in [0.4, 0.5) is 0 Å². The number of amides is 1. The van der Waals surface area contributed by atoms with Gasteiger partial charge < -0.3 is 5.32 Å². The molecular weight excluding hydrogens is 338 g/mol. The van der Waals surface area contributed by atoms with Crippen molar-refractivity contribution in [1.82, 2.24) is 13.9 Å². The van der Waals surface area contributed by atoms with E-state index >= 15 is 0 Å². The van der Waals surface area contributed by atoms with Crippen molar-refractivity contribution in [3.05, 3.63) is 34.9 Å². The van der Waals surface area contributed by atoms with E-state index in [0.29, 0.717) is 19.4 Å². The van der Waals surface area contributed by atoms with Crippen LogP contribution in [0.15, 0.2) is 18.2 Å². The summed E-state index contributed by atoms with van der Waals surface area (Å²) in [7, 11) is -0.441. The SMILES string of the molecule is Cc1ccc([C@@H](C)NC(=O)[C@@H]2CCCN(S(=O)(=O)N(C)C)C2)cc1C. The number of hydrogen-bond acceptors (Lipinski definition) is 3. The number of hydrogen-bond donors (Lipinski definition) is 1. The summed E-state index contributed by atoms with van der Waals surface area (Å²) in [6.07, 6.45) is 1.41. The van der Waals surface area contributed by atoms with Crippen molar-refractivity contribution in [2.45, 2.75) is 39.7 Å². The van der Waals surface area contributed by atoms with E-state index < -0.39 is 10.2 Å². The van der Waals surface area contributed by atoms with Crippen LogP contribution in [-0.4, -0.2) is 50.1 Å². The van der Waals surface area contributed by atoms with E-state index in [-0.39, 0.29) is 24.4 Å². The number of nitrogens with zero attached hydrogens (tertiary/aromatic N) is 2. The summed E-state index contributed by atoms with van der Waals surface area (Å²) in [5, 5.41) is 3.04. The van der Waals surface area contributed by atoms with Crippen LogP contribution < -0.4 is 5.32 Å². The summed E-state index contributed by atoms with van der Waals surface area (Å²) in [5.74, 6) is -0.387. The molecule has 0 aromatic heterocycles. The maximum Gasteiger partial charge on any atom is 0.281 e. The maximum atomic E-state index is 12.6. The van der Waals surface area contributed by atoms with Gasteiger partial charge in [0.2, 0.25) is 5.91 Å². The molecule has 1 amide bonds. The first-order valence-corrected chi connectivity index (χ1v) is 10.1. The van der Waals surface area contributed by atoms with E-state index in [1.165, 1.54) is 33.8 Å². The smallest absolute Gasteiger partial charge is 0.281 e. The van der Waals surface area contributed by atoms with Gasteiger partial charge in [0.25, 0.3) is 10.2 Å². The van der Waals surface area contributed by atoms with Gasteiger partial charge in [0.15, 0.2) is 0 Å². The maximum absolute atomic E-state index is 12.6. The molecule has 0 aliphatic carbocycles. The van der Waals surface area contributed by atoms with Crippen LogP contribution >= 0.6 is 0 Å². The van der Waals surface area contributed by atoms with Crippen molar-refractivity contribution < 1.29 is 13.2 Å². The Hall–Kier alpha value is -1.44. The van der Waals surface area contributed by atoms with Crippen molar-refractivity contribution in [2.75, 3.05) is 27.2 Å². The van der Waals surface area contributed by atoms with Gasteiger partial charge in [-0.25, -0.2) is 0 Å². The average molecular weight is 368 g/mol. The minimum atomic E-state index is -3.47. The van der Waals surface area contributed by atoms with Gasteiger partial charge >= 0.3 is 0 Å². The second-order valence-electron chi connectivity index (χ2n) is 7.06. The molecule has 1 aliphatic rings. The topological polar surface area (TPSA) is 69.7 Å². The molecule has 0 saturated carbocycles. The molecule has 0 spiro atoms. The van der Waals surface area contributed by atoms with Gasteiger partial charge in [-0.15, -0.1) is 0 Å². The lowest BCUT2D eigenvalue weighted by molar-refractivity contribution is -0.126. The van der Waals surface area contributed by atoms with E-state index in [0.717, 1.165) is 5.56 Å². The molecule has 1 heterocycles. The first-order valence-electron chi connectivity index (χ1n) is 8.68. The fraction of sp³-hybridized carbons (Fsp3) is 0.611. The van der Waals surface area contributed by atoms with Crippen LogP contribution in [0, 0.1) is 19.8 Å². The summed E-state index contributed by atoms with van der Waals surface area (Å²) in [4.78, 5) is 12.6. The number of carbonyl (C=O) groups excluding carboxylic acids is 1. The molecule has 25 heavy (non-hydrogen) atoms. The van der Waals surface area contributed by atoms with Crippen molar-refractivity contribution in [1.29, 1.82) is 0 Å². The van der Waals surface area contributed by atoms with Crippen molar-refractivity contribution in [3.8, 4) is 0 Å². The standard InChI is InChI=1S/C18H29N3O3S/c1-13-8-9-16(11-14(13)2)15(3)19-18(22)17-7-6-10-21(12-17)25(23,24)20(4)5/h8-9,11,15,17H,6-7,10,12H2,1-5H3,(H,19,22)/t15-,17-/m1/s1. The molecule has 1 saturated heterocycles. The molecular formula is C18H29N3O3S. The van der Waals surface area contributed by atoms with E-state index in [1.54, 1.807) is 0 Å². The molecule has 2 rings (SSSR count). The molecule has 1 N–H and O–H groups in total. The summed E-state index contributed by atoms with van der Waals surface area (Å²) in [6.45, 7) is 6.78. The quantitative estimate of drug-likeness (QED) is 0.865. The van der Waals surface area contributed by atoms with Gasteiger partial charge in [0, 0.05) is 27.2 Å². The summed E-state index contributed by atoms with van der Waals surface area (Å²) in [5.41, 5.74) is 3.48. The highest BCUT2D eigenvalue weighted by Gasteiger charge is 2.33. The van der Waals surface area contributed by atoms with Crippen LogP contribution in [-0.2, 0) is 15.0 Å². The lowest BCUT2D eigenvalue weighted by Gasteiger charge is -2.33. The molecule has 1 aliphatic heterocycles. The molecule has 0 unspecified atom stereocenters. The highest BCUT2D eigenvalue weighted by Crippen LogP contribution is 2.22. The van der Waals surface area contributed by atoms with Gasteiger partial charge in [-0.05, 0) is 50.3 Å². The monoisotopic (exact) mass is 367 g/mol. The second-order valence-corrected chi connectivity index (χ2v) is 9.20. The van der Waals surface area contributed by atoms with Crippen molar-refractivity contribution >= 4 is 16.1 Å². The highest BCUT2D eigenvalue weighted by molar-refractivity contribution is 7.86. The van der Waals surface area contributed by atoms with Crippen LogP contribution in [0.5, 0.6) is 0 Å². The molecule has 1 aromatic rings. The Kier molecular flexibility index (Phi) is 6.24. The molecule has 6 nitrogen and oxygen atoms in total. The fourth-order valence-electron chi connectivity index (χ4n) is 3.05. The number of piperidine rings is 1. The van der Waals surface area contributed by atoms with Gasteiger partial charge in [-0.1, -0.05) is 18.2 Å². The van der Waals surface area contributed by atoms with Crippen LogP contribution in [0.1, 0.15) is 42.5 Å². The third-order valence-electron chi connectivity index (χ3n) is 4.93. The third-order valence-corrected chi connectivity index (χ3v) is 6.84. The Morgan fingerprint density at radius 3 is 2.56 bits per heavy atom. The van der Waals surface area contributed by atoms with Gasteiger partial charge in [0.05, 0.1) is 12.0 Å². The van der Waals surface area contributed by atoms with E-state index in [9.17, 15) is 13.2 Å². The molecule has 7 heteroatoms. The zero-order valence-electron chi connectivity index (χ0n) is 15.7. The van der Waals surface area contributed by atoms with Crippen LogP contribution in [0.3, 0.4) is 0 Å². The molecule has 0 radical (unpaired) electrons. The Labute approximate surface area is 151 Å². The number of benzene rings is 1. The predicted molar refractivity (Wildman–Crippen MR) is 99.4 cm³/mol. The zero-order valence-corrected chi connectivity index (χ0v) is 16.6. The first-order chi connectivity index (χ1) is 11.6. The number of aryl methyl sites for hydroxylation is 2. The summed E-state index contributed by atoms with van der Waals surface area (Å²) < 4.78 is 27.2. The summed E-state index contributed by atoms with van der Waals surface area (Å²) in [6, 6.07) is 6.06. The normalized spacial score (nSPS) is 20.5. The number of nitrogens with one attached hydrogen (secondary N) is 1. The lowest BCUT2D eigenvalue weighted by Crippen LogP contribution is -2.49. The molecule has 1 aromatic carbocycles. The molecule has 0 bridgehead atoms. The Morgan fingerprint density at radius 2 is 1.96 bits per heavy atom. The Balaban J connectivity index is 2.03. The molecule has 1 fully saturated rings. The molecule has 140 valence electrons. The van der Waals surface area contributed by atoms with Crippen LogP contribution in [0.2, 0.25) is 0 Å². The minimum absolute atomic E-state index is 0.0793. The van der Waals surface area contributed by atoms with Gasteiger partial charge in [-0.2, -0.15) is 17.0 Å². The van der Waals surface area contributed by atoms with Crippen molar-refractivity contribution in [3.63, 3.8) is 0 Å². The third kappa shape index (κ3) is 4.59.